The number of benzene rings is 1. The number of carbonyl (C=O) groups is 2. The number of aldehydes is 1. The van der Waals surface area contributed by atoms with Gasteiger partial charge in [-0.3, -0.25) is 4.79 Å². The molecule has 0 N–H and O–H groups in total. The highest BCUT2D eigenvalue weighted by molar-refractivity contribution is 5.89. The highest BCUT2D eigenvalue weighted by Crippen LogP contribution is 2.58. The van der Waals surface area contributed by atoms with E-state index in [1.54, 1.807) is 6.08 Å². The van der Waals surface area contributed by atoms with Crippen LogP contribution in [0.3, 0.4) is 0 Å². The lowest BCUT2D eigenvalue weighted by Crippen LogP contribution is -2.43. The molecule has 1 aromatic carbocycles. The van der Waals surface area contributed by atoms with E-state index in [1.165, 1.54) is 6.42 Å². The summed E-state index contributed by atoms with van der Waals surface area (Å²) in [6.45, 7) is 4.57. The monoisotopic (exact) mass is 340 g/mol. The quantitative estimate of drug-likeness (QED) is 0.438. The minimum Gasteiger partial charge on any atom is -0.458 e. The second-order valence-corrected chi connectivity index (χ2v) is 7.88. The first-order chi connectivity index (χ1) is 12.1. The molecule has 0 unspecified atom stereocenters. The fraction of sp³-hybridized carbons (Fsp3) is 0.545. The number of hydrogen-bond acceptors (Lipinski definition) is 3. The summed E-state index contributed by atoms with van der Waals surface area (Å²) < 4.78 is 5.95. The smallest absolute Gasteiger partial charge is 0.338 e. The molecule has 0 amide bonds. The molecule has 0 aliphatic heterocycles. The second kappa shape index (κ2) is 7.55. The minimum atomic E-state index is -0.202. The fourth-order valence-electron chi connectivity index (χ4n) is 5.30. The van der Waals surface area contributed by atoms with Crippen LogP contribution in [0.25, 0.3) is 0 Å². The molecule has 2 aliphatic carbocycles. The standard InChI is InChI=1S/C22H28O3/c1-16(8-7-15-23)18-12-13-19-20(11-6-14-22(18,19)2)25-21(24)17-9-4-3-5-10-17/h3-5,7-10,15-16,18-20H,6,11-14H2,1-2H3/b8-7+/t16-,18-,19+,20+,22-/m1/s1. The van der Waals surface area contributed by atoms with Gasteiger partial charge >= 0.3 is 5.97 Å². The van der Waals surface area contributed by atoms with Gasteiger partial charge < -0.3 is 4.74 Å². The van der Waals surface area contributed by atoms with Crippen molar-refractivity contribution in [2.75, 3.05) is 0 Å². The van der Waals surface area contributed by atoms with Gasteiger partial charge in [0.2, 0.25) is 0 Å². The van der Waals surface area contributed by atoms with Gasteiger partial charge in [0.15, 0.2) is 0 Å². The van der Waals surface area contributed by atoms with E-state index in [2.05, 4.69) is 13.8 Å². The van der Waals surface area contributed by atoms with Crippen LogP contribution in [0.4, 0.5) is 0 Å². The first kappa shape index (κ1) is 17.9. The molecule has 0 radical (unpaired) electrons. The number of fused-ring (bicyclic) bond motifs is 1. The van der Waals surface area contributed by atoms with Crippen molar-refractivity contribution < 1.29 is 14.3 Å². The third kappa shape index (κ3) is 3.56. The Morgan fingerprint density at radius 3 is 2.72 bits per heavy atom. The summed E-state index contributed by atoms with van der Waals surface area (Å²) >= 11 is 0. The Kier molecular flexibility index (Phi) is 5.41. The largest absolute Gasteiger partial charge is 0.458 e. The molecule has 3 rings (SSSR count). The van der Waals surface area contributed by atoms with Crippen LogP contribution < -0.4 is 0 Å². The lowest BCUT2D eigenvalue weighted by molar-refractivity contribution is -0.104. The maximum absolute atomic E-state index is 12.5. The van der Waals surface area contributed by atoms with Crippen LogP contribution in [0.5, 0.6) is 0 Å². The van der Waals surface area contributed by atoms with E-state index < -0.39 is 0 Å². The highest BCUT2D eigenvalue weighted by atomic mass is 16.5. The van der Waals surface area contributed by atoms with Gasteiger partial charge in [-0.25, -0.2) is 4.79 Å². The SMILES string of the molecule is C[C@H](/C=C/C=O)[C@H]1CC[C@H]2[C@@H](OC(=O)c3ccccc3)CCC[C@]12C. The number of allylic oxidation sites excluding steroid dienone is 2. The van der Waals surface area contributed by atoms with Crippen molar-refractivity contribution in [3.05, 3.63) is 48.0 Å². The maximum atomic E-state index is 12.5. The summed E-state index contributed by atoms with van der Waals surface area (Å²) in [5, 5.41) is 0. The molecule has 2 saturated carbocycles. The Labute approximate surface area is 150 Å². The molecule has 0 bridgehead atoms. The molecule has 3 nitrogen and oxygen atoms in total. The Hall–Kier alpha value is -1.90. The number of esters is 1. The van der Waals surface area contributed by atoms with Gasteiger partial charge in [0, 0.05) is 5.92 Å². The number of ether oxygens (including phenoxy) is 1. The molecule has 5 atom stereocenters. The van der Waals surface area contributed by atoms with E-state index in [0.29, 0.717) is 23.3 Å². The van der Waals surface area contributed by atoms with E-state index >= 15 is 0 Å². The van der Waals surface area contributed by atoms with Gasteiger partial charge in [-0.2, -0.15) is 0 Å². The van der Waals surface area contributed by atoms with E-state index in [9.17, 15) is 9.59 Å². The molecule has 0 aromatic heterocycles. The highest BCUT2D eigenvalue weighted by Gasteiger charge is 2.53. The van der Waals surface area contributed by atoms with Crippen molar-refractivity contribution in [1.29, 1.82) is 0 Å². The number of hydrogen-bond donors (Lipinski definition) is 0. The normalized spacial score (nSPS) is 33.0. The van der Waals surface area contributed by atoms with Crippen LogP contribution in [-0.2, 0) is 9.53 Å². The molecular weight excluding hydrogens is 312 g/mol. The summed E-state index contributed by atoms with van der Waals surface area (Å²) in [6, 6.07) is 9.27. The number of rotatable bonds is 5. The predicted molar refractivity (Wildman–Crippen MR) is 98.2 cm³/mol. The first-order valence-corrected chi connectivity index (χ1v) is 9.44. The zero-order valence-electron chi connectivity index (χ0n) is 15.2. The topological polar surface area (TPSA) is 43.4 Å². The van der Waals surface area contributed by atoms with Crippen LogP contribution in [0, 0.1) is 23.2 Å². The van der Waals surface area contributed by atoms with Crippen molar-refractivity contribution in [2.45, 2.75) is 52.1 Å². The van der Waals surface area contributed by atoms with E-state index in [1.807, 2.05) is 36.4 Å². The van der Waals surface area contributed by atoms with Gasteiger partial charge in [0.05, 0.1) is 5.56 Å². The molecule has 1 aromatic rings. The molecule has 0 heterocycles. The van der Waals surface area contributed by atoms with Crippen LogP contribution in [0.15, 0.2) is 42.5 Å². The summed E-state index contributed by atoms with van der Waals surface area (Å²) in [5.41, 5.74) is 0.818. The molecule has 0 saturated heterocycles. The summed E-state index contributed by atoms with van der Waals surface area (Å²) in [6.07, 6.45) is 10.0. The molecule has 2 aliphatic rings. The zero-order valence-corrected chi connectivity index (χ0v) is 15.2. The molecule has 134 valence electrons. The van der Waals surface area contributed by atoms with Gasteiger partial charge in [-0.1, -0.05) is 38.1 Å². The lowest BCUT2D eigenvalue weighted by atomic mass is 9.62. The van der Waals surface area contributed by atoms with Crippen molar-refractivity contribution in [3.8, 4) is 0 Å². The molecular formula is C22H28O3. The average molecular weight is 340 g/mol. The van der Waals surface area contributed by atoms with E-state index in [-0.39, 0.29) is 17.5 Å². The summed E-state index contributed by atoms with van der Waals surface area (Å²) in [7, 11) is 0. The molecule has 25 heavy (non-hydrogen) atoms. The van der Waals surface area contributed by atoms with Gasteiger partial charge in [-0.15, -0.1) is 0 Å². The molecule has 2 fully saturated rings. The van der Waals surface area contributed by atoms with Crippen LogP contribution >= 0.6 is 0 Å². The average Bonchev–Trinajstić information content (AvgIpc) is 2.98. The Morgan fingerprint density at radius 1 is 1.24 bits per heavy atom. The Morgan fingerprint density at radius 2 is 2.00 bits per heavy atom. The third-order valence-electron chi connectivity index (χ3n) is 6.53. The van der Waals surface area contributed by atoms with Gasteiger partial charge in [-0.05, 0) is 67.6 Å². The van der Waals surface area contributed by atoms with Crippen molar-refractivity contribution in [2.24, 2.45) is 23.2 Å². The fourth-order valence-corrected chi connectivity index (χ4v) is 5.30. The number of carbonyl (C=O) groups excluding carboxylic acids is 2. The van der Waals surface area contributed by atoms with Gasteiger partial charge in [0.1, 0.15) is 12.4 Å². The lowest BCUT2D eigenvalue weighted by Gasteiger charge is -2.45. The second-order valence-electron chi connectivity index (χ2n) is 7.88. The van der Waals surface area contributed by atoms with Crippen molar-refractivity contribution in [1.82, 2.24) is 0 Å². The van der Waals surface area contributed by atoms with Crippen molar-refractivity contribution in [3.63, 3.8) is 0 Å². The first-order valence-electron chi connectivity index (χ1n) is 9.44. The van der Waals surface area contributed by atoms with Gasteiger partial charge in [0.25, 0.3) is 0 Å². The maximum Gasteiger partial charge on any atom is 0.338 e. The zero-order chi connectivity index (χ0) is 17.9. The van der Waals surface area contributed by atoms with E-state index in [0.717, 1.165) is 32.0 Å². The third-order valence-corrected chi connectivity index (χ3v) is 6.53. The minimum absolute atomic E-state index is 0.0127. The summed E-state index contributed by atoms with van der Waals surface area (Å²) in [4.78, 5) is 23.1. The predicted octanol–water partition coefficient (Wildman–Crippen LogP) is 4.82. The Bertz CT molecular complexity index is 636. The Balaban J connectivity index is 1.73. The summed E-state index contributed by atoms with van der Waals surface area (Å²) in [5.74, 6) is 1.15. The molecule has 3 heteroatoms. The van der Waals surface area contributed by atoms with Crippen LogP contribution in [-0.4, -0.2) is 18.4 Å². The van der Waals surface area contributed by atoms with Crippen molar-refractivity contribution >= 4 is 12.3 Å². The van der Waals surface area contributed by atoms with Crippen LogP contribution in [0.1, 0.15) is 56.3 Å². The molecule has 0 spiro atoms. The van der Waals surface area contributed by atoms with Crippen LogP contribution in [0.2, 0.25) is 0 Å². The van der Waals surface area contributed by atoms with E-state index in [4.69, 9.17) is 4.74 Å².